The van der Waals surface area contributed by atoms with Crippen LogP contribution in [-0.4, -0.2) is 36.0 Å². The van der Waals surface area contributed by atoms with Crippen molar-refractivity contribution in [3.05, 3.63) is 0 Å². The van der Waals surface area contributed by atoms with Crippen molar-refractivity contribution < 1.29 is 4.79 Å². The number of nitrogens with zero attached hydrogens (tertiary/aromatic N) is 1. The van der Waals surface area contributed by atoms with Gasteiger partial charge in [-0.2, -0.15) is 0 Å². The van der Waals surface area contributed by atoms with Crippen molar-refractivity contribution >= 4 is 5.91 Å². The molecule has 1 saturated heterocycles. The summed E-state index contributed by atoms with van der Waals surface area (Å²) in [6, 6.07) is 0.565. The first-order valence-electron chi connectivity index (χ1n) is 6.32. The van der Waals surface area contributed by atoms with Gasteiger partial charge in [0.2, 0.25) is 5.91 Å². The molecule has 3 nitrogen and oxygen atoms in total. The van der Waals surface area contributed by atoms with Crippen LogP contribution in [0.2, 0.25) is 0 Å². The topological polar surface area (TPSA) is 32.3 Å². The van der Waals surface area contributed by atoms with E-state index in [-0.39, 0.29) is 11.9 Å². The summed E-state index contributed by atoms with van der Waals surface area (Å²) in [4.78, 5) is 14.2. The molecule has 1 saturated carbocycles. The molecule has 0 aromatic carbocycles. The summed E-state index contributed by atoms with van der Waals surface area (Å²) in [5, 5.41) is 3.09. The van der Waals surface area contributed by atoms with Crippen LogP contribution >= 0.6 is 0 Å². The van der Waals surface area contributed by atoms with Crippen molar-refractivity contribution in [3.63, 3.8) is 0 Å². The van der Waals surface area contributed by atoms with Crippen LogP contribution in [0, 0.1) is 0 Å². The van der Waals surface area contributed by atoms with Crippen LogP contribution in [-0.2, 0) is 4.79 Å². The predicted molar refractivity (Wildman–Crippen MR) is 60.7 cm³/mol. The van der Waals surface area contributed by atoms with E-state index in [1.807, 2.05) is 6.92 Å². The fourth-order valence-electron chi connectivity index (χ4n) is 2.20. The van der Waals surface area contributed by atoms with E-state index in [9.17, 15) is 4.79 Å². The van der Waals surface area contributed by atoms with Gasteiger partial charge in [-0.25, -0.2) is 0 Å². The van der Waals surface area contributed by atoms with Gasteiger partial charge in [0.25, 0.3) is 0 Å². The van der Waals surface area contributed by atoms with Crippen molar-refractivity contribution in [2.45, 2.75) is 57.5 Å². The molecule has 0 radical (unpaired) electrons. The average Bonchev–Trinajstić information content (AvgIpc) is 3.01. The number of hydrogen-bond acceptors (Lipinski definition) is 2. The Hall–Kier alpha value is -0.570. The van der Waals surface area contributed by atoms with Gasteiger partial charge in [0.1, 0.15) is 0 Å². The Kier molecular flexibility index (Phi) is 3.62. The van der Waals surface area contributed by atoms with Crippen LogP contribution in [0.1, 0.15) is 45.4 Å². The van der Waals surface area contributed by atoms with Gasteiger partial charge in [-0.15, -0.1) is 0 Å². The summed E-state index contributed by atoms with van der Waals surface area (Å²) >= 11 is 0. The van der Waals surface area contributed by atoms with E-state index in [0.29, 0.717) is 6.04 Å². The first-order chi connectivity index (χ1) is 7.27. The highest BCUT2D eigenvalue weighted by atomic mass is 16.2. The van der Waals surface area contributed by atoms with Crippen molar-refractivity contribution in [3.8, 4) is 0 Å². The highest BCUT2D eigenvalue weighted by Gasteiger charge is 2.28. The summed E-state index contributed by atoms with van der Waals surface area (Å²) in [5.41, 5.74) is 0. The minimum Gasteiger partial charge on any atom is -0.352 e. The molecule has 0 bridgehead atoms. The molecular formula is C12H22N2O. The molecule has 1 amide bonds. The Morgan fingerprint density at radius 3 is 2.33 bits per heavy atom. The van der Waals surface area contributed by atoms with Crippen molar-refractivity contribution in [1.82, 2.24) is 10.2 Å². The lowest BCUT2D eigenvalue weighted by Gasteiger charge is -2.26. The molecule has 1 unspecified atom stereocenters. The van der Waals surface area contributed by atoms with Gasteiger partial charge >= 0.3 is 0 Å². The van der Waals surface area contributed by atoms with Crippen LogP contribution in [0.3, 0.4) is 0 Å². The van der Waals surface area contributed by atoms with E-state index >= 15 is 0 Å². The van der Waals surface area contributed by atoms with Gasteiger partial charge in [0.05, 0.1) is 6.04 Å². The largest absolute Gasteiger partial charge is 0.352 e. The Labute approximate surface area is 92.2 Å². The van der Waals surface area contributed by atoms with Gasteiger partial charge in [0, 0.05) is 6.04 Å². The lowest BCUT2D eigenvalue weighted by atomic mass is 10.2. The maximum absolute atomic E-state index is 11.9. The molecule has 2 fully saturated rings. The molecule has 3 heteroatoms. The Morgan fingerprint density at radius 1 is 1.20 bits per heavy atom. The van der Waals surface area contributed by atoms with Crippen LogP contribution in [0.4, 0.5) is 0 Å². The number of amides is 1. The molecular weight excluding hydrogens is 188 g/mol. The first kappa shape index (κ1) is 10.9. The number of nitrogens with one attached hydrogen (secondary N) is 1. The fourth-order valence-corrected chi connectivity index (χ4v) is 2.20. The monoisotopic (exact) mass is 210 g/mol. The SMILES string of the molecule is CC(C(=O)NC1CC1)N1CCCCCC1. The highest BCUT2D eigenvalue weighted by Crippen LogP contribution is 2.19. The van der Waals surface area contributed by atoms with E-state index in [1.54, 1.807) is 0 Å². The normalized spacial score (nSPS) is 25.7. The third-order valence-electron chi connectivity index (χ3n) is 3.49. The zero-order chi connectivity index (χ0) is 10.7. The first-order valence-corrected chi connectivity index (χ1v) is 6.32. The Morgan fingerprint density at radius 2 is 1.80 bits per heavy atom. The third kappa shape index (κ3) is 3.20. The van der Waals surface area contributed by atoms with E-state index < -0.39 is 0 Å². The second kappa shape index (κ2) is 4.97. The van der Waals surface area contributed by atoms with Crippen molar-refractivity contribution in [2.75, 3.05) is 13.1 Å². The second-order valence-corrected chi connectivity index (χ2v) is 4.91. The highest BCUT2D eigenvalue weighted by molar-refractivity contribution is 5.81. The standard InChI is InChI=1S/C12H22N2O/c1-10(12(15)13-11-6-7-11)14-8-4-2-3-5-9-14/h10-11H,2-9H2,1H3,(H,13,15). The van der Waals surface area contributed by atoms with Crippen molar-refractivity contribution in [2.24, 2.45) is 0 Å². The summed E-state index contributed by atoms with van der Waals surface area (Å²) in [5.74, 6) is 0.236. The molecule has 0 spiro atoms. The van der Waals surface area contributed by atoms with E-state index in [2.05, 4.69) is 10.2 Å². The maximum Gasteiger partial charge on any atom is 0.237 e. The molecule has 2 aliphatic rings. The molecule has 15 heavy (non-hydrogen) atoms. The summed E-state index contributed by atoms with van der Waals surface area (Å²) in [7, 11) is 0. The molecule has 86 valence electrons. The molecule has 0 aromatic heterocycles. The van der Waals surface area contributed by atoms with E-state index in [0.717, 1.165) is 13.1 Å². The summed E-state index contributed by atoms with van der Waals surface area (Å²) < 4.78 is 0. The van der Waals surface area contributed by atoms with Gasteiger partial charge in [-0.3, -0.25) is 9.69 Å². The molecule has 1 aliphatic carbocycles. The predicted octanol–water partition coefficient (Wildman–Crippen LogP) is 1.53. The molecule has 2 rings (SSSR count). The Balaban J connectivity index is 1.80. The van der Waals surface area contributed by atoms with Crippen LogP contribution in [0.15, 0.2) is 0 Å². The molecule has 1 heterocycles. The number of carbonyl (C=O) groups is 1. The molecule has 1 aliphatic heterocycles. The summed E-state index contributed by atoms with van der Waals surface area (Å²) in [6.07, 6.45) is 7.51. The third-order valence-corrected chi connectivity index (χ3v) is 3.49. The quantitative estimate of drug-likeness (QED) is 0.766. The van der Waals surface area contributed by atoms with Gasteiger partial charge < -0.3 is 5.32 Å². The van der Waals surface area contributed by atoms with Crippen LogP contribution in [0.25, 0.3) is 0 Å². The summed E-state index contributed by atoms with van der Waals surface area (Å²) in [6.45, 7) is 4.24. The molecule has 0 aromatic rings. The Bertz CT molecular complexity index is 218. The van der Waals surface area contributed by atoms with Crippen LogP contribution in [0.5, 0.6) is 0 Å². The zero-order valence-electron chi connectivity index (χ0n) is 9.67. The lowest BCUT2D eigenvalue weighted by molar-refractivity contribution is -0.126. The van der Waals surface area contributed by atoms with Crippen molar-refractivity contribution in [1.29, 1.82) is 0 Å². The van der Waals surface area contributed by atoms with Gasteiger partial charge in [-0.05, 0) is 45.7 Å². The maximum atomic E-state index is 11.9. The fraction of sp³-hybridized carbons (Fsp3) is 0.917. The minimum absolute atomic E-state index is 0.0729. The number of carbonyl (C=O) groups excluding carboxylic acids is 1. The van der Waals surface area contributed by atoms with Crippen LogP contribution < -0.4 is 5.32 Å². The zero-order valence-corrected chi connectivity index (χ0v) is 9.67. The van der Waals surface area contributed by atoms with E-state index in [1.165, 1.54) is 38.5 Å². The number of hydrogen-bond donors (Lipinski definition) is 1. The molecule has 1 N–H and O–H groups in total. The number of likely N-dealkylation sites (tertiary alicyclic amines) is 1. The molecule has 1 atom stereocenters. The number of rotatable bonds is 3. The van der Waals surface area contributed by atoms with E-state index in [4.69, 9.17) is 0 Å². The lowest BCUT2D eigenvalue weighted by Crippen LogP contribution is -2.46. The average molecular weight is 210 g/mol. The van der Waals surface area contributed by atoms with Gasteiger partial charge in [-0.1, -0.05) is 12.8 Å². The smallest absolute Gasteiger partial charge is 0.237 e. The second-order valence-electron chi connectivity index (χ2n) is 4.91. The minimum atomic E-state index is 0.0729. The van der Waals surface area contributed by atoms with Gasteiger partial charge in [0.15, 0.2) is 0 Å².